The van der Waals surface area contributed by atoms with Gasteiger partial charge in [-0.3, -0.25) is 4.79 Å². The predicted octanol–water partition coefficient (Wildman–Crippen LogP) is 3.58. The van der Waals surface area contributed by atoms with E-state index in [1.54, 1.807) is 0 Å². The monoisotopic (exact) mass is 341 g/mol. The van der Waals surface area contributed by atoms with Crippen LogP contribution < -0.4 is 4.74 Å². The first-order valence-corrected chi connectivity index (χ1v) is 6.04. The van der Waals surface area contributed by atoms with Gasteiger partial charge >= 0.3 is 18.5 Å². The van der Waals surface area contributed by atoms with Gasteiger partial charge in [0.15, 0.2) is 0 Å². The maximum absolute atomic E-state index is 12.8. The van der Waals surface area contributed by atoms with Crippen LogP contribution in [-0.4, -0.2) is 18.9 Å². The van der Waals surface area contributed by atoms with Crippen molar-refractivity contribution in [3.05, 3.63) is 28.8 Å². The second-order valence-corrected chi connectivity index (χ2v) is 4.10. The quantitative estimate of drug-likeness (QED) is 0.620. The summed E-state index contributed by atoms with van der Waals surface area (Å²) in [6.45, 7) is 1.28. The van der Waals surface area contributed by atoms with Crippen molar-refractivity contribution in [2.24, 2.45) is 0 Å². The first-order valence-electron chi connectivity index (χ1n) is 6.04. The molecular formula is C13H9F6NO3. The molecule has 0 unspecified atom stereocenters. The van der Waals surface area contributed by atoms with Gasteiger partial charge in [0.2, 0.25) is 0 Å². The molecule has 10 heteroatoms. The number of nitrogens with zero attached hydrogens (tertiary/aromatic N) is 1. The van der Waals surface area contributed by atoms with Crippen molar-refractivity contribution in [3.8, 4) is 11.8 Å². The number of alkyl halides is 6. The van der Waals surface area contributed by atoms with E-state index in [0.717, 1.165) is 0 Å². The molecule has 0 aliphatic rings. The van der Waals surface area contributed by atoms with Crippen LogP contribution in [0.1, 0.15) is 23.6 Å². The minimum Gasteiger partial charge on any atom is -0.466 e. The van der Waals surface area contributed by atoms with Crippen molar-refractivity contribution in [1.82, 2.24) is 0 Å². The number of halogens is 6. The van der Waals surface area contributed by atoms with Crippen LogP contribution in [0, 0.1) is 11.3 Å². The van der Waals surface area contributed by atoms with Crippen molar-refractivity contribution in [3.63, 3.8) is 0 Å². The number of ether oxygens (including phenoxy) is 2. The average Bonchev–Trinajstić information content (AvgIpc) is 2.37. The summed E-state index contributed by atoms with van der Waals surface area (Å²) in [4.78, 5) is 11.4. The van der Waals surface area contributed by atoms with E-state index in [1.807, 2.05) is 0 Å². The number of hydrogen-bond acceptors (Lipinski definition) is 4. The molecule has 4 nitrogen and oxygen atoms in total. The number of nitriles is 1. The molecule has 0 aromatic heterocycles. The summed E-state index contributed by atoms with van der Waals surface area (Å²) >= 11 is 0. The summed E-state index contributed by atoms with van der Waals surface area (Å²) in [6.07, 6.45) is -11.1. The Kier molecular flexibility index (Phi) is 5.47. The Morgan fingerprint density at radius 1 is 1.22 bits per heavy atom. The lowest BCUT2D eigenvalue weighted by Crippen LogP contribution is -2.21. The third-order valence-corrected chi connectivity index (χ3v) is 2.54. The molecular weight excluding hydrogens is 332 g/mol. The number of hydrogen-bond donors (Lipinski definition) is 0. The van der Waals surface area contributed by atoms with Crippen LogP contribution in [-0.2, 0) is 22.1 Å². The molecule has 0 fully saturated rings. The molecule has 1 rings (SSSR count). The van der Waals surface area contributed by atoms with Gasteiger partial charge < -0.3 is 9.47 Å². The third-order valence-electron chi connectivity index (χ3n) is 2.54. The number of carbonyl (C=O) groups is 1. The largest absolute Gasteiger partial charge is 0.573 e. The maximum atomic E-state index is 12.8. The second-order valence-electron chi connectivity index (χ2n) is 4.10. The predicted molar refractivity (Wildman–Crippen MR) is 63.2 cm³/mol. The normalized spacial score (nSPS) is 11.7. The van der Waals surface area contributed by atoms with Gasteiger partial charge in [0.05, 0.1) is 24.2 Å². The minimum absolute atomic E-state index is 0.130. The summed E-state index contributed by atoms with van der Waals surface area (Å²) in [7, 11) is 0. The standard InChI is InChI=1S/C13H9F6NO3/c1-2-22-11(21)5-7-8(6-20)9(12(14,15)16)3-4-10(7)23-13(17,18)19/h3-4H,2,5H2,1H3. The summed E-state index contributed by atoms with van der Waals surface area (Å²) in [6, 6.07) is 1.86. The zero-order valence-electron chi connectivity index (χ0n) is 11.5. The van der Waals surface area contributed by atoms with Gasteiger partial charge in [0.25, 0.3) is 0 Å². The highest BCUT2D eigenvalue weighted by Crippen LogP contribution is 2.38. The van der Waals surface area contributed by atoms with Gasteiger partial charge in [-0.05, 0) is 19.1 Å². The van der Waals surface area contributed by atoms with Crippen molar-refractivity contribution >= 4 is 5.97 Å². The molecule has 0 aliphatic carbocycles. The van der Waals surface area contributed by atoms with Crippen molar-refractivity contribution in [2.45, 2.75) is 25.9 Å². The molecule has 0 radical (unpaired) electrons. The van der Waals surface area contributed by atoms with Gasteiger partial charge in [-0.1, -0.05) is 0 Å². The van der Waals surface area contributed by atoms with Gasteiger partial charge in [-0.2, -0.15) is 18.4 Å². The smallest absolute Gasteiger partial charge is 0.466 e. The average molecular weight is 341 g/mol. The van der Waals surface area contributed by atoms with Crippen LogP contribution in [0.3, 0.4) is 0 Å². The molecule has 1 aromatic rings. The Balaban J connectivity index is 3.48. The summed E-state index contributed by atoms with van der Waals surface area (Å²) < 4.78 is 83.6. The highest BCUT2D eigenvalue weighted by atomic mass is 19.4. The first-order chi connectivity index (χ1) is 10.5. The number of rotatable bonds is 4. The molecule has 0 N–H and O–H groups in total. The molecule has 0 saturated carbocycles. The maximum Gasteiger partial charge on any atom is 0.573 e. The van der Waals surface area contributed by atoms with Crippen LogP contribution >= 0.6 is 0 Å². The second kappa shape index (κ2) is 6.76. The van der Waals surface area contributed by atoms with E-state index >= 15 is 0 Å². The molecule has 23 heavy (non-hydrogen) atoms. The number of benzene rings is 1. The minimum atomic E-state index is -5.20. The fourth-order valence-corrected chi connectivity index (χ4v) is 1.74. The van der Waals surface area contributed by atoms with E-state index in [1.165, 1.54) is 13.0 Å². The SMILES string of the molecule is CCOC(=O)Cc1c(OC(F)(F)F)ccc(C(F)(F)F)c1C#N. The van der Waals surface area contributed by atoms with E-state index in [2.05, 4.69) is 9.47 Å². The molecule has 0 heterocycles. The molecule has 126 valence electrons. The zero-order valence-corrected chi connectivity index (χ0v) is 11.5. The lowest BCUT2D eigenvalue weighted by atomic mass is 9.98. The van der Waals surface area contributed by atoms with Gasteiger partial charge in [0, 0.05) is 5.56 Å². The van der Waals surface area contributed by atoms with Gasteiger partial charge in [0.1, 0.15) is 11.8 Å². The summed E-state index contributed by atoms with van der Waals surface area (Å²) in [5.41, 5.74) is -3.42. The fourth-order valence-electron chi connectivity index (χ4n) is 1.74. The summed E-state index contributed by atoms with van der Waals surface area (Å²) in [5.74, 6) is -2.15. The topological polar surface area (TPSA) is 59.3 Å². The van der Waals surface area contributed by atoms with Crippen LogP contribution in [0.2, 0.25) is 0 Å². The van der Waals surface area contributed by atoms with Crippen LogP contribution in [0.5, 0.6) is 5.75 Å². The highest BCUT2D eigenvalue weighted by molar-refractivity contribution is 5.75. The molecule has 1 aromatic carbocycles. The molecule has 0 spiro atoms. The summed E-state index contributed by atoms with van der Waals surface area (Å²) in [5, 5.41) is 8.89. The van der Waals surface area contributed by atoms with Crippen molar-refractivity contribution < 1.29 is 40.6 Å². The Morgan fingerprint density at radius 3 is 2.26 bits per heavy atom. The number of carbonyl (C=O) groups excluding carboxylic acids is 1. The van der Waals surface area contributed by atoms with Crippen LogP contribution in [0.25, 0.3) is 0 Å². The van der Waals surface area contributed by atoms with Crippen LogP contribution in [0.15, 0.2) is 12.1 Å². The van der Waals surface area contributed by atoms with E-state index in [-0.39, 0.29) is 12.7 Å². The van der Waals surface area contributed by atoms with Crippen molar-refractivity contribution in [2.75, 3.05) is 6.61 Å². The third kappa shape index (κ3) is 5.05. The molecule has 0 bridgehead atoms. The molecule has 0 aliphatic heterocycles. The van der Waals surface area contributed by atoms with Crippen molar-refractivity contribution in [1.29, 1.82) is 5.26 Å². The molecule has 0 atom stereocenters. The van der Waals surface area contributed by atoms with E-state index in [0.29, 0.717) is 6.07 Å². The molecule has 0 saturated heterocycles. The lowest BCUT2D eigenvalue weighted by Gasteiger charge is -2.17. The van der Waals surface area contributed by atoms with E-state index in [4.69, 9.17) is 5.26 Å². The highest BCUT2D eigenvalue weighted by Gasteiger charge is 2.38. The lowest BCUT2D eigenvalue weighted by molar-refractivity contribution is -0.275. The Morgan fingerprint density at radius 2 is 1.83 bits per heavy atom. The van der Waals surface area contributed by atoms with Gasteiger partial charge in [-0.25, -0.2) is 0 Å². The van der Waals surface area contributed by atoms with Crippen LogP contribution in [0.4, 0.5) is 26.3 Å². The first kappa shape index (κ1) is 18.6. The van der Waals surface area contributed by atoms with E-state index in [9.17, 15) is 31.1 Å². The Hall–Kier alpha value is -2.44. The molecule has 0 amide bonds. The fraction of sp³-hybridized carbons (Fsp3) is 0.385. The van der Waals surface area contributed by atoms with Gasteiger partial charge in [-0.15, -0.1) is 13.2 Å². The number of esters is 1. The Labute approximate surface area is 126 Å². The van der Waals surface area contributed by atoms with E-state index < -0.39 is 47.4 Å². The Bertz CT molecular complexity index is 630. The zero-order chi connectivity index (χ0) is 17.8.